The summed E-state index contributed by atoms with van der Waals surface area (Å²) < 4.78 is 0. The molecule has 8 heteroatoms. The lowest BCUT2D eigenvalue weighted by Crippen LogP contribution is -2.58. The van der Waals surface area contributed by atoms with Gasteiger partial charge in [-0.25, -0.2) is 0 Å². The summed E-state index contributed by atoms with van der Waals surface area (Å²) >= 11 is 0. The number of fused-ring (bicyclic) bond motifs is 1. The second-order valence-electron chi connectivity index (χ2n) is 8.72. The highest BCUT2D eigenvalue weighted by atomic mass is 16.3. The molecule has 3 atom stereocenters. The summed E-state index contributed by atoms with van der Waals surface area (Å²) in [6.07, 6.45) is 1.13. The molecular weight excluding hydrogens is 372 g/mol. The minimum atomic E-state index is -1.12. The van der Waals surface area contributed by atoms with Gasteiger partial charge in [0.1, 0.15) is 12.5 Å². The van der Waals surface area contributed by atoms with Crippen LogP contribution in [0.1, 0.15) is 46.4 Å². The van der Waals surface area contributed by atoms with Gasteiger partial charge in [-0.1, -0.05) is 0 Å². The van der Waals surface area contributed by atoms with E-state index in [-0.39, 0.29) is 11.8 Å². The summed E-state index contributed by atoms with van der Waals surface area (Å²) in [6.45, 7) is 4.20. The third kappa shape index (κ3) is 3.24. The van der Waals surface area contributed by atoms with Crippen molar-refractivity contribution >= 4 is 17.5 Å². The van der Waals surface area contributed by atoms with Crippen LogP contribution in [0.25, 0.3) is 0 Å². The van der Waals surface area contributed by atoms with E-state index in [1.54, 1.807) is 6.07 Å². The number of nitrogens with zero attached hydrogens (tertiary/aromatic N) is 2. The molecule has 3 unspecified atom stereocenters. The molecule has 8 nitrogen and oxygen atoms in total. The minimum absolute atomic E-state index is 0.357. The Morgan fingerprint density at radius 3 is 2.28 bits per heavy atom. The van der Waals surface area contributed by atoms with Crippen LogP contribution in [-0.4, -0.2) is 71.6 Å². The molecule has 0 aliphatic carbocycles. The van der Waals surface area contributed by atoms with Crippen LogP contribution in [0.4, 0.5) is 5.69 Å². The molecule has 3 saturated heterocycles. The Morgan fingerprint density at radius 2 is 1.62 bits per heavy atom. The van der Waals surface area contributed by atoms with E-state index in [0.717, 1.165) is 61.4 Å². The average Bonchev–Trinajstić information content (AvgIpc) is 2.92. The van der Waals surface area contributed by atoms with Gasteiger partial charge < -0.3 is 20.4 Å². The maximum atomic E-state index is 13.0. The largest absolute Gasteiger partial charge is 0.379 e. The molecule has 4 N–H and O–H groups in total. The van der Waals surface area contributed by atoms with Crippen molar-refractivity contribution in [3.8, 4) is 0 Å². The molecule has 0 aromatic heterocycles. The van der Waals surface area contributed by atoms with Gasteiger partial charge in [-0.15, -0.1) is 0 Å². The Bertz CT molecular complexity index is 819. The van der Waals surface area contributed by atoms with Crippen molar-refractivity contribution in [3.05, 3.63) is 29.3 Å². The molecule has 4 aliphatic rings. The van der Waals surface area contributed by atoms with Crippen molar-refractivity contribution < 1.29 is 19.8 Å². The summed E-state index contributed by atoms with van der Waals surface area (Å²) in [6, 6.07) is 4.83. The molecule has 0 spiro atoms. The van der Waals surface area contributed by atoms with Gasteiger partial charge in [-0.3, -0.25) is 19.8 Å². The van der Waals surface area contributed by atoms with Crippen LogP contribution in [0.2, 0.25) is 0 Å². The van der Waals surface area contributed by atoms with Crippen molar-refractivity contribution in [2.75, 3.05) is 31.1 Å². The highest BCUT2D eigenvalue weighted by Gasteiger charge is 2.44. The van der Waals surface area contributed by atoms with Crippen molar-refractivity contribution in [3.63, 3.8) is 0 Å². The monoisotopic (exact) mass is 400 g/mol. The molecule has 4 aliphatic heterocycles. The lowest BCUT2D eigenvalue weighted by molar-refractivity contribution is -0.0413. The number of piperidine rings is 2. The lowest BCUT2D eigenvalue weighted by Gasteiger charge is -2.41. The summed E-state index contributed by atoms with van der Waals surface area (Å²) in [7, 11) is 0. The number of imide groups is 1. The van der Waals surface area contributed by atoms with Crippen LogP contribution in [-0.2, 0) is 0 Å². The predicted molar refractivity (Wildman–Crippen MR) is 106 cm³/mol. The first-order chi connectivity index (χ1) is 14.0. The summed E-state index contributed by atoms with van der Waals surface area (Å²) in [5, 5.41) is 25.8. The molecule has 3 fully saturated rings. The van der Waals surface area contributed by atoms with E-state index in [0.29, 0.717) is 24.0 Å². The molecule has 156 valence electrons. The van der Waals surface area contributed by atoms with Crippen LogP contribution in [0.5, 0.6) is 0 Å². The lowest BCUT2D eigenvalue weighted by atomic mass is 9.81. The molecule has 1 aromatic rings. The number of rotatable bonds is 3. The van der Waals surface area contributed by atoms with Gasteiger partial charge in [-0.2, -0.15) is 0 Å². The van der Waals surface area contributed by atoms with Crippen LogP contribution >= 0.6 is 0 Å². The Labute approximate surface area is 169 Å². The first-order valence-corrected chi connectivity index (χ1v) is 10.6. The van der Waals surface area contributed by atoms with E-state index in [1.807, 2.05) is 12.1 Å². The van der Waals surface area contributed by atoms with Crippen LogP contribution in [0, 0.1) is 11.8 Å². The molecule has 5 rings (SSSR count). The molecule has 0 bridgehead atoms. The van der Waals surface area contributed by atoms with Gasteiger partial charge in [-0.05, 0) is 68.8 Å². The van der Waals surface area contributed by atoms with E-state index < -0.39 is 18.5 Å². The van der Waals surface area contributed by atoms with Crippen molar-refractivity contribution in [2.24, 2.45) is 11.8 Å². The predicted octanol–water partition coefficient (Wildman–Crippen LogP) is 0.107. The topological polar surface area (TPSA) is 105 Å². The molecule has 1 aromatic carbocycles. The maximum absolute atomic E-state index is 13.0. The normalized spacial score (nSPS) is 31.2. The number of aliphatic hydroxyl groups excluding tert-OH is 2. The third-order valence-electron chi connectivity index (χ3n) is 7.08. The SMILES string of the molecule is O=C1c2ccc(N3CCC(C4CNC4)CC3)cc2C(=O)N1C1CCC(O)NC1O. The van der Waals surface area contributed by atoms with Gasteiger partial charge in [0.25, 0.3) is 11.8 Å². The standard InChI is InChI=1S/C21H28N4O4/c26-18-4-3-17(19(27)23-18)25-20(28)15-2-1-14(9-16(15)21(25)29)24-7-5-12(6-8-24)13-10-22-11-13/h1-2,9,12-13,17-19,22-23,26-27H,3-8,10-11H2. The number of carbonyl (C=O) groups is 2. The molecule has 0 saturated carbocycles. The first-order valence-electron chi connectivity index (χ1n) is 10.6. The summed E-state index contributed by atoms with van der Waals surface area (Å²) in [5.41, 5.74) is 1.79. The molecule has 4 heterocycles. The maximum Gasteiger partial charge on any atom is 0.262 e. The highest BCUT2D eigenvalue weighted by Crippen LogP contribution is 2.34. The average molecular weight is 400 g/mol. The molecule has 29 heavy (non-hydrogen) atoms. The zero-order valence-electron chi connectivity index (χ0n) is 16.4. The zero-order valence-corrected chi connectivity index (χ0v) is 16.4. The fourth-order valence-corrected chi connectivity index (χ4v) is 5.17. The second kappa shape index (κ2) is 7.36. The van der Waals surface area contributed by atoms with Crippen molar-refractivity contribution in [1.29, 1.82) is 0 Å². The number of anilines is 1. The Morgan fingerprint density at radius 1 is 0.897 bits per heavy atom. The van der Waals surface area contributed by atoms with Crippen LogP contribution < -0.4 is 15.5 Å². The Balaban J connectivity index is 1.32. The quantitative estimate of drug-likeness (QED) is 0.534. The number of amides is 2. The molecule has 0 radical (unpaired) electrons. The first kappa shape index (κ1) is 19.0. The fraction of sp³-hybridized carbons (Fsp3) is 0.619. The van der Waals surface area contributed by atoms with Gasteiger partial charge >= 0.3 is 0 Å². The summed E-state index contributed by atoms with van der Waals surface area (Å²) in [4.78, 5) is 29.4. The minimum Gasteiger partial charge on any atom is -0.379 e. The number of aliphatic hydroxyl groups is 2. The second-order valence-corrected chi connectivity index (χ2v) is 8.72. The number of benzene rings is 1. The van der Waals surface area contributed by atoms with Gasteiger partial charge in [0, 0.05) is 18.8 Å². The van der Waals surface area contributed by atoms with Gasteiger partial charge in [0.05, 0.1) is 17.2 Å². The third-order valence-corrected chi connectivity index (χ3v) is 7.08. The summed E-state index contributed by atoms with van der Waals surface area (Å²) in [5.74, 6) is 0.856. The van der Waals surface area contributed by atoms with E-state index in [4.69, 9.17) is 0 Å². The highest BCUT2D eigenvalue weighted by molar-refractivity contribution is 6.22. The fourth-order valence-electron chi connectivity index (χ4n) is 5.17. The van der Waals surface area contributed by atoms with Crippen molar-refractivity contribution in [2.45, 2.75) is 44.2 Å². The molecular formula is C21H28N4O4. The number of hydrogen-bond donors (Lipinski definition) is 4. The van der Waals surface area contributed by atoms with E-state index >= 15 is 0 Å². The van der Waals surface area contributed by atoms with Crippen LogP contribution in [0.3, 0.4) is 0 Å². The Kier molecular flexibility index (Phi) is 4.82. The molecule has 2 amide bonds. The van der Waals surface area contributed by atoms with Gasteiger partial charge in [0.2, 0.25) is 0 Å². The number of carbonyl (C=O) groups excluding carboxylic acids is 2. The van der Waals surface area contributed by atoms with Crippen molar-refractivity contribution in [1.82, 2.24) is 15.5 Å². The Hall–Kier alpha value is -2.00. The van der Waals surface area contributed by atoms with Gasteiger partial charge in [0.15, 0.2) is 0 Å². The van der Waals surface area contributed by atoms with Crippen LogP contribution in [0.15, 0.2) is 18.2 Å². The van der Waals surface area contributed by atoms with E-state index in [2.05, 4.69) is 15.5 Å². The number of hydrogen-bond acceptors (Lipinski definition) is 7. The smallest absolute Gasteiger partial charge is 0.262 e. The van der Waals surface area contributed by atoms with E-state index in [1.165, 1.54) is 0 Å². The van der Waals surface area contributed by atoms with E-state index in [9.17, 15) is 19.8 Å². The zero-order chi connectivity index (χ0) is 20.1. The number of nitrogens with one attached hydrogen (secondary N) is 2.